The molecule has 1 N–H and O–H groups in total. The highest BCUT2D eigenvalue weighted by molar-refractivity contribution is 5.48. The Balaban J connectivity index is 1.48. The fourth-order valence-corrected chi connectivity index (χ4v) is 2.82. The van der Waals surface area contributed by atoms with Crippen LogP contribution >= 0.6 is 0 Å². The van der Waals surface area contributed by atoms with E-state index < -0.39 is 0 Å². The van der Waals surface area contributed by atoms with Gasteiger partial charge in [0.05, 0.1) is 6.20 Å². The summed E-state index contributed by atoms with van der Waals surface area (Å²) >= 11 is 0. The molecule has 2 aromatic rings. The molecule has 2 heterocycles. The lowest BCUT2D eigenvalue weighted by Gasteiger charge is -2.34. The van der Waals surface area contributed by atoms with Crippen molar-refractivity contribution in [3.63, 3.8) is 0 Å². The summed E-state index contributed by atoms with van der Waals surface area (Å²) in [6.45, 7) is 7.95. The third kappa shape index (κ3) is 5.26. The van der Waals surface area contributed by atoms with Gasteiger partial charge in [-0.2, -0.15) is 10.1 Å². The predicted molar refractivity (Wildman–Crippen MR) is 103 cm³/mol. The molecular formula is C19H26N6. The fraction of sp³-hybridized carbons (Fsp3) is 0.421. The molecule has 6 heteroatoms. The number of nitrogens with one attached hydrogen (secondary N) is 1. The lowest BCUT2D eigenvalue weighted by atomic mass is 10.2. The van der Waals surface area contributed by atoms with Gasteiger partial charge in [-0.1, -0.05) is 49.4 Å². The van der Waals surface area contributed by atoms with Crippen molar-refractivity contribution >= 4 is 17.8 Å². The van der Waals surface area contributed by atoms with E-state index in [-0.39, 0.29) is 0 Å². The van der Waals surface area contributed by atoms with E-state index in [4.69, 9.17) is 0 Å². The summed E-state index contributed by atoms with van der Waals surface area (Å²) in [4.78, 5) is 9.31. The third-order valence-corrected chi connectivity index (χ3v) is 4.25. The molecule has 1 saturated heterocycles. The first-order chi connectivity index (χ1) is 12.3. The number of nitrogens with zero attached hydrogens (tertiary/aromatic N) is 5. The normalized spacial score (nSPS) is 15.6. The van der Waals surface area contributed by atoms with Crippen LogP contribution in [0.1, 0.15) is 18.9 Å². The molecule has 1 aliphatic rings. The summed E-state index contributed by atoms with van der Waals surface area (Å²) < 4.78 is 0. The zero-order valence-corrected chi connectivity index (χ0v) is 14.8. The van der Waals surface area contributed by atoms with Gasteiger partial charge in [0.25, 0.3) is 0 Å². The van der Waals surface area contributed by atoms with E-state index in [1.807, 2.05) is 6.07 Å². The smallest absolute Gasteiger partial charge is 0.244 e. The topological polar surface area (TPSA) is 57.2 Å². The van der Waals surface area contributed by atoms with Crippen LogP contribution < -0.4 is 10.2 Å². The molecule has 0 unspecified atom stereocenters. The molecule has 0 spiro atoms. The molecule has 1 aromatic carbocycles. The van der Waals surface area contributed by atoms with Crippen LogP contribution in [0.25, 0.3) is 6.08 Å². The molecule has 1 fully saturated rings. The number of piperazine rings is 1. The largest absolute Gasteiger partial charge is 0.353 e. The molecule has 132 valence electrons. The van der Waals surface area contributed by atoms with E-state index >= 15 is 0 Å². The Kier molecular flexibility index (Phi) is 6.34. The molecule has 0 saturated carbocycles. The van der Waals surface area contributed by atoms with E-state index in [0.717, 1.165) is 51.5 Å². The minimum absolute atomic E-state index is 0.618. The maximum atomic E-state index is 4.57. The number of hydrogen-bond acceptors (Lipinski definition) is 6. The van der Waals surface area contributed by atoms with Gasteiger partial charge in [0, 0.05) is 39.3 Å². The average molecular weight is 338 g/mol. The van der Waals surface area contributed by atoms with Crippen molar-refractivity contribution in [3.05, 3.63) is 48.2 Å². The number of rotatable bonds is 7. The Bertz CT molecular complexity index is 665. The van der Waals surface area contributed by atoms with Crippen molar-refractivity contribution in [1.82, 2.24) is 20.1 Å². The average Bonchev–Trinajstić information content (AvgIpc) is 2.68. The van der Waals surface area contributed by atoms with Crippen LogP contribution in [0.5, 0.6) is 0 Å². The van der Waals surface area contributed by atoms with Gasteiger partial charge in [0.2, 0.25) is 5.95 Å². The first kappa shape index (κ1) is 17.4. The van der Waals surface area contributed by atoms with Gasteiger partial charge in [-0.25, -0.2) is 0 Å². The molecule has 0 bridgehead atoms. The highest BCUT2D eigenvalue weighted by atomic mass is 15.3. The molecule has 0 atom stereocenters. The molecule has 3 rings (SSSR count). The van der Waals surface area contributed by atoms with Crippen molar-refractivity contribution in [2.75, 3.05) is 49.5 Å². The molecular weight excluding hydrogens is 312 g/mol. The lowest BCUT2D eigenvalue weighted by molar-refractivity contribution is 0.283. The quantitative estimate of drug-likeness (QED) is 0.837. The second-order valence-corrected chi connectivity index (χ2v) is 6.17. The third-order valence-electron chi connectivity index (χ3n) is 4.25. The van der Waals surface area contributed by atoms with E-state index in [0.29, 0.717) is 5.95 Å². The maximum Gasteiger partial charge on any atom is 0.244 e. The Morgan fingerprint density at radius 2 is 1.92 bits per heavy atom. The molecule has 0 amide bonds. The maximum absolute atomic E-state index is 4.57. The van der Waals surface area contributed by atoms with Gasteiger partial charge in [0.15, 0.2) is 5.82 Å². The second-order valence-electron chi connectivity index (χ2n) is 6.17. The van der Waals surface area contributed by atoms with Crippen molar-refractivity contribution in [2.24, 2.45) is 0 Å². The van der Waals surface area contributed by atoms with Crippen molar-refractivity contribution < 1.29 is 0 Å². The minimum atomic E-state index is 0.618. The van der Waals surface area contributed by atoms with E-state index in [1.165, 1.54) is 5.56 Å². The first-order valence-corrected chi connectivity index (χ1v) is 8.97. The summed E-state index contributed by atoms with van der Waals surface area (Å²) in [5.41, 5.74) is 1.25. The summed E-state index contributed by atoms with van der Waals surface area (Å²) in [6.07, 6.45) is 7.22. The molecule has 0 aliphatic carbocycles. The zero-order valence-electron chi connectivity index (χ0n) is 14.8. The van der Waals surface area contributed by atoms with Crippen molar-refractivity contribution in [2.45, 2.75) is 13.3 Å². The van der Waals surface area contributed by atoms with Crippen LogP contribution in [-0.2, 0) is 0 Å². The van der Waals surface area contributed by atoms with Crippen LogP contribution in [0.4, 0.5) is 11.8 Å². The van der Waals surface area contributed by atoms with Gasteiger partial charge in [-0.15, -0.1) is 5.10 Å². The van der Waals surface area contributed by atoms with Crippen LogP contribution in [0, 0.1) is 0 Å². The standard InChI is InChI=1S/C19H26N6/c1-2-10-20-19-22-18(16-21-23-19)25-14-12-24(13-15-25)11-6-9-17-7-4-3-5-8-17/h3-9,16H,2,10-15H2,1H3,(H,20,22,23)/b9-6+. The van der Waals surface area contributed by atoms with Crippen LogP contribution in [0.3, 0.4) is 0 Å². The Labute approximate surface area is 149 Å². The number of benzene rings is 1. The second kappa shape index (κ2) is 9.13. The highest BCUT2D eigenvalue weighted by Crippen LogP contribution is 2.13. The summed E-state index contributed by atoms with van der Waals surface area (Å²) in [7, 11) is 0. The van der Waals surface area contributed by atoms with Gasteiger partial charge in [-0.3, -0.25) is 4.90 Å². The SMILES string of the molecule is CCCNc1nncc(N2CCN(C/C=C/c3ccccc3)CC2)n1. The van der Waals surface area contributed by atoms with E-state index in [1.54, 1.807) is 6.20 Å². The Hall–Kier alpha value is -2.47. The van der Waals surface area contributed by atoms with Crippen LogP contribution in [0.15, 0.2) is 42.6 Å². The van der Waals surface area contributed by atoms with Crippen molar-refractivity contribution in [1.29, 1.82) is 0 Å². The minimum Gasteiger partial charge on any atom is -0.353 e. The summed E-state index contributed by atoms with van der Waals surface area (Å²) in [6, 6.07) is 10.4. The Morgan fingerprint density at radius 1 is 1.12 bits per heavy atom. The van der Waals surface area contributed by atoms with Gasteiger partial charge in [-0.05, 0) is 12.0 Å². The monoisotopic (exact) mass is 338 g/mol. The number of aromatic nitrogens is 3. The predicted octanol–water partition coefficient (Wildman–Crippen LogP) is 2.53. The lowest BCUT2D eigenvalue weighted by Crippen LogP contribution is -2.46. The first-order valence-electron chi connectivity index (χ1n) is 8.97. The summed E-state index contributed by atoms with van der Waals surface area (Å²) in [5, 5.41) is 11.3. The van der Waals surface area contributed by atoms with Gasteiger partial charge in [0.1, 0.15) is 0 Å². The molecule has 25 heavy (non-hydrogen) atoms. The fourth-order valence-electron chi connectivity index (χ4n) is 2.82. The number of anilines is 2. The van der Waals surface area contributed by atoms with Gasteiger partial charge >= 0.3 is 0 Å². The van der Waals surface area contributed by atoms with E-state index in [2.05, 4.69) is 73.6 Å². The molecule has 6 nitrogen and oxygen atoms in total. The summed E-state index contributed by atoms with van der Waals surface area (Å²) in [5.74, 6) is 1.53. The van der Waals surface area contributed by atoms with Gasteiger partial charge < -0.3 is 10.2 Å². The molecule has 1 aromatic heterocycles. The Morgan fingerprint density at radius 3 is 2.68 bits per heavy atom. The van der Waals surface area contributed by atoms with Crippen LogP contribution in [0.2, 0.25) is 0 Å². The molecule has 0 radical (unpaired) electrons. The zero-order chi connectivity index (χ0) is 17.3. The van der Waals surface area contributed by atoms with Crippen LogP contribution in [-0.4, -0.2) is 59.3 Å². The molecule has 1 aliphatic heterocycles. The van der Waals surface area contributed by atoms with E-state index in [9.17, 15) is 0 Å². The highest BCUT2D eigenvalue weighted by Gasteiger charge is 2.17. The number of hydrogen-bond donors (Lipinski definition) is 1. The van der Waals surface area contributed by atoms with Crippen molar-refractivity contribution in [3.8, 4) is 0 Å².